The second-order valence-electron chi connectivity index (χ2n) is 3.12. The van der Waals surface area contributed by atoms with Gasteiger partial charge in [0.25, 0.3) is 0 Å². The predicted molar refractivity (Wildman–Crippen MR) is 40.7 cm³/mol. The molecular weight excluding hydrogens is 168 g/mol. The highest BCUT2D eigenvalue weighted by atomic mass is 16.5. The lowest BCUT2D eigenvalue weighted by atomic mass is 9.73. The van der Waals surface area contributed by atoms with E-state index in [1.165, 1.54) is 0 Å². The van der Waals surface area contributed by atoms with Crippen LogP contribution in [0, 0.1) is 40.4 Å². The average Bonchev–Trinajstić information content (AvgIpc) is 2.17. The Hall–Kier alpha value is -1.81. The first-order chi connectivity index (χ1) is 6.27. The topological polar surface area (TPSA) is 73.9 Å². The molecule has 4 heteroatoms. The van der Waals surface area contributed by atoms with Gasteiger partial charge in [0.2, 0.25) is 0 Å². The molecule has 2 heterocycles. The van der Waals surface area contributed by atoms with Crippen LogP contribution in [0.3, 0.4) is 0 Å². The van der Waals surface area contributed by atoms with Crippen molar-refractivity contribution in [3.8, 4) is 12.1 Å². The molecule has 0 unspecified atom stereocenters. The van der Waals surface area contributed by atoms with Gasteiger partial charge in [-0.3, -0.25) is 4.79 Å². The van der Waals surface area contributed by atoms with Gasteiger partial charge in [0, 0.05) is 0 Å². The maximum absolute atomic E-state index is 11.2. The number of hydrogen-bond acceptors (Lipinski definition) is 4. The van der Waals surface area contributed by atoms with E-state index in [4.69, 9.17) is 15.3 Å². The Morgan fingerprint density at radius 2 is 1.92 bits per heavy atom. The highest BCUT2D eigenvalue weighted by Crippen LogP contribution is 2.37. The fraction of sp³-hybridized carbons (Fsp3) is 0.444. The van der Waals surface area contributed by atoms with E-state index in [1.54, 1.807) is 12.2 Å². The minimum absolute atomic E-state index is 0.384. The molecule has 4 atom stereocenters. The number of rotatable bonds is 0. The van der Waals surface area contributed by atoms with E-state index in [9.17, 15) is 4.79 Å². The number of nitriles is 2. The van der Waals surface area contributed by atoms with Crippen molar-refractivity contribution in [3.63, 3.8) is 0 Å². The van der Waals surface area contributed by atoms with Crippen molar-refractivity contribution < 1.29 is 9.53 Å². The van der Waals surface area contributed by atoms with Crippen molar-refractivity contribution in [1.29, 1.82) is 10.5 Å². The van der Waals surface area contributed by atoms with Crippen molar-refractivity contribution >= 4 is 5.97 Å². The van der Waals surface area contributed by atoms with Crippen LogP contribution in [0.5, 0.6) is 0 Å². The smallest absolute Gasteiger partial charge is 0.314 e. The van der Waals surface area contributed by atoms with E-state index in [-0.39, 0.29) is 5.97 Å². The van der Waals surface area contributed by atoms with Crippen LogP contribution in [0.1, 0.15) is 0 Å². The molecule has 0 saturated carbocycles. The minimum Gasteiger partial charge on any atom is -0.456 e. The number of carbonyl (C=O) groups excluding carboxylic acids is 1. The van der Waals surface area contributed by atoms with Crippen LogP contribution in [0.4, 0.5) is 0 Å². The second-order valence-corrected chi connectivity index (χ2v) is 3.12. The van der Waals surface area contributed by atoms with Crippen molar-refractivity contribution in [2.24, 2.45) is 17.8 Å². The predicted octanol–water partition coefficient (Wildman–Crippen LogP) is 0.377. The van der Waals surface area contributed by atoms with E-state index in [2.05, 4.69) is 0 Å². The summed E-state index contributed by atoms with van der Waals surface area (Å²) in [5.74, 6) is -1.97. The van der Waals surface area contributed by atoms with E-state index < -0.39 is 23.9 Å². The van der Waals surface area contributed by atoms with Gasteiger partial charge in [0.1, 0.15) is 12.0 Å². The zero-order valence-electron chi connectivity index (χ0n) is 6.68. The summed E-state index contributed by atoms with van der Waals surface area (Å²) in [6.07, 6.45) is 2.83. The largest absolute Gasteiger partial charge is 0.456 e. The molecule has 1 aliphatic carbocycles. The lowest BCUT2D eigenvalue weighted by Gasteiger charge is -2.36. The Morgan fingerprint density at radius 3 is 2.46 bits per heavy atom. The molecule has 0 aromatic heterocycles. The van der Waals surface area contributed by atoms with Gasteiger partial charge in [-0.05, 0) is 6.08 Å². The van der Waals surface area contributed by atoms with Crippen molar-refractivity contribution in [1.82, 2.24) is 0 Å². The number of esters is 1. The molecule has 0 radical (unpaired) electrons. The summed E-state index contributed by atoms with van der Waals surface area (Å²) >= 11 is 0. The number of fused-ring (bicyclic) bond motifs is 2. The van der Waals surface area contributed by atoms with Gasteiger partial charge in [-0.15, -0.1) is 0 Å². The first-order valence-corrected chi connectivity index (χ1v) is 3.96. The standard InChI is InChI=1S/C9H6N2O2/c10-3-6-5-1-2-8(7(6)4-11)13-9(5)12/h1-2,5-8H/t5-,6+,7+,8+/m0/s1. The Labute approximate surface area is 75.0 Å². The van der Waals surface area contributed by atoms with E-state index in [0.717, 1.165) is 0 Å². The molecule has 13 heavy (non-hydrogen) atoms. The zero-order valence-corrected chi connectivity index (χ0v) is 6.68. The molecule has 0 spiro atoms. The first kappa shape index (κ1) is 7.82. The van der Waals surface area contributed by atoms with Gasteiger partial charge in [-0.1, -0.05) is 6.08 Å². The number of hydrogen-bond donors (Lipinski definition) is 0. The van der Waals surface area contributed by atoms with Crippen molar-refractivity contribution in [2.45, 2.75) is 6.10 Å². The second kappa shape index (κ2) is 2.60. The summed E-state index contributed by atoms with van der Waals surface area (Å²) in [5, 5.41) is 17.6. The third-order valence-electron chi connectivity index (χ3n) is 2.46. The first-order valence-electron chi connectivity index (χ1n) is 3.96. The molecule has 0 amide bonds. The Balaban J connectivity index is 2.41. The molecule has 3 aliphatic rings. The molecule has 0 aromatic rings. The van der Waals surface area contributed by atoms with Gasteiger partial charge < -0.3 is 4.74 Å². The number of carbonyl (C=O) groups is 1. The van der Waals surface area contributed by atoms with Gasteiger partial charge in [0.15, 0.2) is 0 Å². The molecule has 2 aliphatic heterocycles. The van der Waals surface area contributed by atoms with Gasteiger partial charge >= 0.3 is 5.97 Å². The normalized spacial score (nSPS) is 40.6. The Morgan fingerprint density at radius 1 is 1.23 bits per heavy atom. The van der Waals surface area contributed by atoms with Crippen LogP contribution in [0.25, 0.3) is 0 Å². The molecule has 3 rings (SSSR count). The molecule has 0 N–H and O–H groups in total. The number of ether oxygens (including phenoxy) is 1. The van der Waals surface area contributed by atoms with E-state index in [1.807, 2.05) is 12.1 Å². The van der Waals surface area contributed by atoms with Gasteiger partial charge in [-0.2, -0.15) is 10.5 Å². The fourth-order valence-electron chi connectivity index (χ4n) is 1.76. The fourth-order valence-corrected chi connectivity index (χ4v) is 1.76. The molecule has 64 valence electrons. The Kier molecular flexibility index (Phi) is 1.56. The van der Waals surface area contributed by atoms with Gasteiger partial charge in [-0.25, -0.2) is 0 Å². The molecule has 0 aromatic carbocycles. The molecular formula is C9H6N2O2. The molecule has 1 saturated heterocycles. The van der Waals surface area contributed by atoms with Crippen LogP contribution in [-0.2, 0) is 9.53 Å². The van der Waals surface area contributed by atoms with E-state index in [0.29, 0.717) is 0 Å². The lowest BCUT2D eigenvalue weighted by molar-refractivity contribution is -0.162. The molecule has 2 bridgehead atoms. The highest BCUT2D eigenvalue weighted by Gasteiger charge is 2.47. The van der Waals surface area contributed by atoms with Crippen molar-refractivity contribution in [3.05, 3.63) is 12.2 Å². The maximum atomic E-state index is 11.2. The summed E-state index contributed by atoms with van der Waals surface area (Å²) in [7, 11) is 0. The minimum atomic E-state index is -0.542. The summed E-state index contributed by atoms with van der Waals surface area (Å²) < 4.78 is 4.92. The third-order valence-corrected chi connectivity index (χ3v) is 2.46. The molecule has 1 fully saturated rings. The maximum Gasteiger partial charge on any atom is 0.314 e. The summed E-state index contributed by atoms with van der Waals surface area (Å²) in [4.78, 5) is 11.2. The summed E-state index contributed by atoms with van der Waals surface area (Å²) in [6.45, 7) is 0. The SMILES string of the molecule is N#C[C@@H]1[C@H](C#N)[C@@H]2C=C[C@H]1OC2=O. The summed E-state index contributed by atoms with van der Waals surface area (Å²) in [5.41, 5.74) is 0. The quantitative estimate of drug-likeness (QED) is 0.393. The average molecular weight is 174 g/mol. The third kappa shape index (κ3) is 0.925. The Bertz CT molecular complexity index is 361. The van der Waals surface area contributed by atoms with Crippen LogP contribution in [0.15, 0.2) is 12.2 Å². The summed E-state index contributed by atoms with van der Waals surface area (Å²) in [6, 6.07) is 4.00. The van der Waals surface area contributed by atoms with Crippen LogP contribution in [-0.4, -0.2) is 12.1 Å². The van der Waals surface area contributed by atoms with E-state index >= 15 is 0 Å². The van der Waals surface area contributed by atoms with Crippen molar-refractivity contribution in [2.75, 3.05) is 0 Å². The highest BCUT2D eigenvalue weighted by molar-refractivity contribution is 5.78. The zero-order chi connectivity index (χ0) is 9.42. The van der Waals surface area contributed by atoms with Crippen LogP contribution < -0.4 is 0 Å². The van der Waals surface area contributed by atoms with Gasteiger partial charge in [0.05, 0.1) is 24.0 Å². The van der Waals surface area contributed by atoms with Crippen LogP contribution in [0.2, 0.25) is 0 Å². The monoisotopic (exact) mass is 174 g/mol. The van der Waals surface area contributed by atoms with Crippen LogP contribution >= 0.6 is 0 Å². The molecule has 4 nitrogen and oxygen atoms in total. The number of nitrogens with zero attached hydrogens (tertiary/aromatic N) is 2. The lowest BCUT2D eigenvalue weighted by Crippen LogP contribution is -2.46.